The van der Waals surface area contributed by atoms with Crippen LogP contribution in [-0.2, 0) is 24.3 Å². The summed E-state index contributed by atoms with van der Waals surface area (Å²) < 4.78 is 34.3. The zero-order valence-corrected chi connectivity index (χ0v) is 13.8. The van der Waals surface area contributed by atoms with Crippen molar-refractivity contribution in [1.29, 1.82) is 0 Å². The number of nitrogens with one attached hydrogen (secondary N) is 1. The Labute approximate surface area is 134 Å². The number of piperidine rings is 1. The molecule has 2 atom stereocenters. The van der Waals surface area contributed by atoms with E-state index < -0.39 is 34.4 Å². The molecule has 0 radical (unpaired) electrons. The number of carbonyl (C=O) groups excluding carboxylic acids is 2. The van der Waals surface area contributed by atoms with Crippen LogP contribution in [0.5, 0.6) is 0 Å². The molecule has 4 N–H and O–H groups in total. The lowest BCUT2D eigenvalue weighted by molar-refractivity contribution is -0.138. The monoisotopic (exact) mass is 354 g/mol. The van der Waals surface area contributed by atoms with Crippen molar-refractivity contribution < 1.29 is 31.7 Å². The van der Waals surface area contributed by atoms with Gasteiger partial charge < -0.3 is 10.6 Å². The number of nitrogens with zero attached hydrogens (tertiary/aromatic N) is 2. The Morgan fingerprint density at radius 3 is 2.65 bits per heavy atom. The van der Waals surface area contributed by atoms with Crippen molar-refractivity contribution >= 4 is 22.3 Å². The Bertz CT molecular complexity index is 526. The number of rotatable bonds is 6. The van der Waals surface area contributed by atoms with Gasteiger partial charge in [-0.25, -0.2) is 10.3 Å². The molecule has 3 amide bonds. The Kier molecular flexibility index (Phi) is 7.15. The van der Waals surface area contributed by atoms with E-state index in [1.54, 1.807) is 0 Å². The molecule has 23 heavy (non-hydrogen) atoms. The van der Waals surface area contributed by atoms with Crippen LogP contribution in [0.2, 0.25) is 0 Å². The molecule has 2 rings (SSSR count). The van der Waals surface area contributed by atoms with Crippen LogP contribution in [0.1, 0.15) is 26.7 Å². The molecular formula is C11H22N4O7S. The lowest BCUT2D eigenvalue weighted by Crippen LogP contribution is -2.49. The largest absolute Gasteiger partial charge is 0.418 e. The number of amides is 3. The highest BCUT2D eigenvalue weighted by Crippen LogP contribution is 2.30. The fourth-order valence-corrected chi connectivity index (χ4v) is 2.74. The third-order valence-corrected chi connectivity index (χ3v) is 3.54. The van der Waals surface area contributed by atoms with E-state index in [-0.39, 0.29) is 19.7 Å². The van der Waals surface area contributed by atoms with E-state index in [0.717, 1.165) is 0 Å². The predicted molar refractivity (Wildman–Crippen MR) is 77.9 cm³/mol. The molecule has 2 fully saturated rings. The van der Waals surface area contributed by atoms with Crippen molar-refractivity contribution in [2.75, 3.05) is 19.7 Å². The van der Waals surface area contributed by atoms with Gasteiger partial charge >= 0.3 is 16.4 Å². The average molecular weight is 354 g/mol. The molecule has 11 nitrogen and oxygen atoms in total. The second-order valence-electron chi connectivity index (χ2n) is 4.61. The van der Waals surface area contributed by atoms with Gasteiger partial charge in [-0.05, 0) is 12.8 Å². The van der Waals surface area contributed by atoms with E-state index in [1.807, 2.05) is 13.8 Å². The molecule has 134 valence electrons. The molecular weight excluding hydrogens is 332 g/mol. The predicted octanol–water partition coefficient (Wildman–Crippen LogP) is -0.978. The van der Waals surface area contributed by atoms with Crippen molar-refractivity contribution in [2.24, 2.45) is 5.73 Å². The van der Waals surface area contributed by atoms with Crippen molar-refractivity contribution in [3.05, 3.63) is 0 Å². The fourth-order valence-electron chi connectivity index (χ4n) is 2.35. The zero-order chi connectivity index (χ0) is 17.6. The molecule has 0 aliphatic carbocycles. The minimum Gasteiger partial charge on any atom is -0.328 e. The van der Waals surface area contributed by atoms with E-state index in [4.69, 9.17) is 15.1 Å². The first kappa shape index (κ1) is 19.6. The van der Waals surface area contributed by atoms with Gasteiger partial charge in [0.2, 0.25) is 0 Å². The van der Waals surface area contributed by atoms with Gasteiger partial charge in [-0.1, -0.05) is 13.8 Å². The molecule has 0 aromatic carbocycles. The smallest absolute Gasteiger partial charge is 0.328 e. The molecule has 2 heterocycles. The van der Waals surface area contributed by atoms with Gasteiger partial charge in [-0.2, -0.15) is 13.5 Å². The van der Waals surface area contributed by atoms with Crippen LogP contribution in [0.25, 0.3) is 0 Å². The normalized spacial score (nSPS) is 23.4. The van der Waals surface area contributed by atoms with E-state index in [2.05, 4.69) is 9.76 Å². The molecule has 12 heteroatoms. The third-order valence-electron chi connectivity index (χ3n) is 3.19. The number of fused-ring (bicyclic) bond motifs is 2. The highest BCUT2D eigenvalue weighted by Gasteiger charge is 2.49. The van der Waals surface area contributed by atoms with E-state index in [9.17, 15) is 18.0 Å². The summed E-state index contributed by atoms with van der Waals surface area (Å²) in [6.07, 6.45) is 0.673. The Morgan fingerprint density at radius 1 is 1.43 bits per heavy atom. The van der Waals surface area contributed by atoms with Crippen LogP contribution in [-0.4, -0.2) is 66.7 Å². The summed E-state index contributed by atoms with van der Waals surface area (Å²) in [5, 5.41) is 0.573. The van der Waals surface area contributed by atoms with Crippen molar-refractivity contribution in [3.63, 3.8) is 0 Å². The lowest BCUT2D eigenvalue weighted by Gasteiger charge is -2.28. The minimum atomic E-state index is -4.80. The minimum absolute atomic E-state index is 0.128. The van der Waals surface area contributed by atoms with Gasteiger partial charge in [-0.15, -0.1) is 4.28 Å². The first-order chi connectivity index (χ1) is 10.8. The number of carbonyl (C=O) groups is 2. The second kappa shape index (κ2) is 8.40. The summed E-state index contributed by atoms with van der Waals surface area (Å²) in [6, 6.07) is -2.12. The summed E-state index contributed by atoms with van der Waals surface area (Å²) in [5.74, 6) is -0.524. The third kappa shape index (κ3) is 5.00. The maximum atomic E-state index is 12.0. The molecule has 0 spiro atoms. The lowest BCUT2D eigenvalue weighted by atomic mass is 10.0. The topological polar surface area (TPSA) is 151 Å². The first-order valence-corrected chi connectivity index (χ1v) is 8.58. The maximum absolute atomic E-state index is 12.0. The molecule has 2 unspecified atom stereocenters. The van der Waals surface area contributed by atoms with E-state index in [1.165, 1.54) is 4.90 Å². The molecule has 0 aromatic rings. The summed E-state index contributed by atoms with van der Waals surface area (Å²) in [5.41, 5.74) is 7.39. The van der Waals surface area contributed by atoms with Gasteiger partial charge in [0.25, 0.3) is 5.91 Å². The van der Waals surface area contributed by atoms with Crippen LogP contribution in [0.3, 0.4) is 0 Å². The molecule has 0 saturated carbocycles. The van der Waals surface area contributed by atoms with E-state index >= 15 is 0 Å². The van der Waals surface area contributed by atoms with Crippen molar-refractivity contribution in [1.82, 2.24) is 15.4 Å². The van der Waals surface area contributed by atoms with Crippen molar-refractivity contribution in [2.45, 2.75) is 38.8 Å². The average Bonchev–Trinajstić information content (AvgIpc) is 2.73. The Balaban J connectivity index is 0.00000127. The summed E-state index contributed by atoms with van der Waals surface area (Å²) in [7, 11) is -4.80. The zero-order valence-electron chi connectivity index (χ0n) is 13.0. The van der Waals surface area contributed by atoms with Crippen LogP contribution in [0, 0.1) is 0 Å². The molecule has 2 saturated heterocycles. The molecule has 2 aliphatic rings. The van der Waals surface area contributed by atoms with Crippen LogP contribution in [0.15, 0.2) is 0 Å². The van der Waals surface area contributed by atoms with E-state index in [0.29, 0.717) is 17.9 Å². The first-order valence-electron chi connectivity index (χ1n) is 7.22. The summed E-state index contributed by atoms with van der Waals surface area (Å²) in [4.78, 5) is 29.9. The molecule has 2 aliphatic heterocycles. The summed E-state index contributed by atoms with van der Waals surface area (Å²) >= 11 is 0. The Hall–Kier alpha value is -1.47. The van der Waals surface area contributed by atoms with Gasteiger partial charge in [0.05, 0.1) is 12.6 Å². The number of urea groups is 1. The van der Waals surface area contributed by atoms with Crippen LogP contribution >= 0.6 is 0 Å². The second-order valence-corrected chi connectivity index (χ2v) is 5.62. The number of hydrogen-bond donors (Lipinski definition) is 3. The van der Waals surface area contributed by atoms with Gasteiger partial charge in [0, 0.05) is 13.1 Å². The van der Waals surface area contributed by atoms with Crippen LogP contribution < -0.4 is 11.2 Å². The Morgan fingerprint density at radius 2 is 2.09 bits per heavy atom. The quantitative estimate of drug-likeness (QED) is 0.313. The van der Waals surface area contributed by atoms with Gasteiger partial charge in [-0.3, -0.25) is 14.2 Å². The molecule has 0 aromatic heterocycles. The summed E-state index contributed by atoms with van der Waals surface area (Å²) in [6.45, 7) is 4.49. The van der Waals surface area contributed by atoms with Crippen LogP contribution in [0.4, 0.5) is 4.79 Å². The highest BCUT2D eigenvalue weighted by atomic mass is 32.3. The van der Waals surface area contributed by atoms with Gasteiger partial charge in [0.15, 0.2) is 0 Å². The number of hydrogen-bond acceptors (Lipinski definition) is 7. The van der Waals surface area contributed by atoms with Crippen molar-refractivity contribution in [3.8, 4) is 0 Å². The maximum Gasteiger partial charge on any atom is 0.418 e. The van der Waals surface area contributed by atoms with Gasteiger partial charge in [0.1, 0.15) is 6.04 Å². The fraction of sp³-hybridized carbons (Fsp3) is 0.818. The molecule has 2 bridgehead atoms. The highest BCUT2D eigenvalue weighted by molar-refractivity contribution is 7.80. The SMILES string of the molecule is CC.NCCONC(=O)C1CCC2CN1C(=O)N2OS(=O)(=O)O. The number of nitrogens with two attached hydrogens (primary N) is 1. The standard InChI is InChI=1S/C9H16N4O7S.C2H6/c10-3-4-19-11-8(14)7-2-1-6-5-12(7)9(15)13(6)20-21(16,17)18;1-2/h6-7H,1-5,10H2,(H,11,14)(H,16,17,18);1-2H3. The number of hydroxylamine groups is 3.